The van der Waals surface area contributed by atoms with E-state index in [4.69, 9.17) is 0 Å². The van der Waals surface area contributed by atoms with E-state index < -0.39 is 5.79 Å². The minimum atomic E-state index is -0.495. The Balaban J connectivity index is 3.14. The molecule has 0 radical (unpaired) electrons. The van der Waals surface area contributed by atoms with Gasteiger partial charge in [0.25, 0.3) is 0 Å². The van der Waals surface area contributed by atoms with E-state index in [0.29, 0.717) is 16.2 Å². The lowest BCUT2D eigenvalue weighted by molar-refractivity contribution is 0.328. The van der Waals surface area contributed by atoms with Gasteiger partial charge in [0.2, 0.25) is 0 Å². The Bertz CT molecular complexity index is 45.3. The first-order valence-corrected chi connectivity index (χ1v) is 3.98. The average molecular weight is 120 g/mol. The summed E-state index contributed by atoms with van der Waals surface area (Å²) < 4.78 is 12.2. The van der Waals surface area contributed by atoms with Crippen LogP contribution in [0.2, 0.25) is 0 Å². The number of rotatable bonds is 2. The molecule has 0 rings (SSSR count). The van der Waals surface area contributed by atoms with Crippen molar-refractivity contribution in [2.24, 2.45) is 5.92 Å². The van der Waals surface area contributed by atoms with Crippen molar-refractivity contribution < 1.29 is 4.39 Å². The van der Waals surface area contributed by atoms with Gasteiger partial charge < -0.3 is 0 Å². The molecule has 44 valence electrons. The molecule has 0 aromatic heterocycles. The number of hydrogen-bond donors (Lipinski definition) is 0. The van der Waals surface area contributed by atoms with Gasteiger partial charge in [0.05, 0.1) is 5.79 Å². The first-order chi connectivity index (χ1) is 3.18. The zero-order chi connectivity index (χ0) is 5.86. The number of hydrogen-bond acceptors (Lipinski definition) is 0. The van der Waals surface area contributed by atoms with Gasteiger partial charge in [-0.3, -0.25) is 4.39 Å². The van der Waals surface area contributed by atoms with Crippen LogP contribution in [0.1, 0.15) is 20.3 Å². The van der Waals surface area contributed by atoms with Gasteiger partial charge in [0.1, 0.15) is 0 Å². The lowest BCUT2D eigenvalue weighted by atomic mass is 10.1. The van der Waals surface area contributed by atoms with Gasteiger partial charge in [0, 0.05) is 10.2 Å². The fourth-order valence-corrected chi connectivity index (χ4v) is 0.796. The average Bonchev–Trinajstić information content (AvgIpc) is 1.65. The van der Waals surface area contributed by atoms with Crippen LogP contribution >= 0.6 is 0 Å². The molecule has 0 heterocycles. The first kappa shape index (κ1) is 7.15. The SMILES string of the molecule is CCC(C)C(F)[SiH3]. The molecule has 0 fully saturated rings. The van der Waals surface area contributed by atoms with Crippen molar-refractivity contribution in [1.29, 1.82) is 0 Å². The molecule has 0 aromatic carbocycles. The Morgan fingerprint density at radius 1 is 1.71 bits per heavy atom. The Morgan fingerprint density at radius 2 is 2.14 bits per heavy atom. The molecular weight excluding hydrogens is 107 g/mol. The maximum Gasteiger partial charge on any atom is 0.0822 e. The largest absolute Gasteiger partial charge is 0.252 e. The zero-order valence-corrected chi connectivity index (χ0v) is 7.24. The summed E-state index contributed by atoms with van der Waals surface area (Å²) in [5.74, 6) is -0.198. The molecular formula is C5H13FSi. The zero-order valence-electron chi connectivity index (χ0n) is 5.24. The minimum absolute atomic E-state index is 0.298. The molecule has 0 N–H and O–H groups in total. The summed E-state index contributed by atoms with van der Waals surface area (Å²) >= 11 is 0. The molecule has 0 saturated carbocycles. The Morgan fingerprint density at radius 3 is 2.14 bits per heavy atom. The second-order valence-corrected chi connectivity index (χ2v) is 3.17. The van der Waals surface area contributed by atoms with Gasteiger partial charge in [-0.1, -0.05) is 20.3 Å². The third-order valence-corrected chi connectivity index (χ3v) is 2.57. The van der Waals surface area contributed by atoms with Crippen LogP contribution in [0, 0.1) is 5.92 Å². The van der Waals surface area contributed by atoms with Crippen molar-refractivity contribution in [2.45, 2.75) is 26.1 Å². The molecule has 0 bridgehead atoms. The molecule has 0 nitrogen and oxygen atoms in total. The molecule has 2 atom stereocenters. The minimum Gasteiger partial charge on any atom is -0.252 e. The molecule has 0 aromatic rings. The third-order valence-electron chi connectivity index (χ3n) is 1.43. The smallest absolute Gasteiger partial charge is 0.0822 e. The normalized spacial score (nSPS) is 19.3. The van der Waals surface area contributed by atoms with E-state index in [1.54, 1.807) is 0 Å². The van der Waals surface area contributed by atoms with Crippen LogP contribution in [0.5, 0.6) is 0 Å². The van der Waals surface area contributed by atoms with E-state index in [1.165, 1.54) is 0 Å². The lowest BCUT2D eigenvalue weighted by Gasteiger charge is -2.06. The second kappa shape index (κ2) is 3.19. The highest BCUT2D eigenvalue weighted by molar-refractivity contribution is 6.11. The van der Waals surface area contributed by atoms with Crippen LogP contribution in [0.25, 0.3) is 0 Å². The number of halogens is 1. The maximum atomic E-state index is 12.2. The van der Waals surface area contributed by atoms with Gasteiger partial charge in [-0.05, 0) is 5.92 Å². The van der Waals surface area contributed by atoms with Crippen molar-refractivity contribution in [3.8, 4) is 0 Å². The Labute approximate surface area is 47.5 Å². The molecule has 0 saturated heterocycles. The van der Waals surface area contributed by atoms with Crippen LogP contribution in [-0.2, 0) is 0 Å². The predicted molar refractivity (Wildman–Crippen MR) is 34.3 cm³/mol. The topological polar surface area (TPSA) is 0 Å². The maximum absolute atomic E-state index is 12.2. The van der Waals surface area contributed by atoms with E-state index in [-0.39, 0.29) is 0 Å². The van der Waals surface area contributed by atoms with Crippen LogP contribution in [-0.4, -0.2) is 16.0 Å². The van der Waals surface area contributed by atoms with Gasteiger partial charge in [-0.2, -0.15) is 0 Å². The summed E-state index contributed by atoms with van der Waals surface area (Å²) in [6.45, 7) is 3.98. The summed E-state index contributed by atoms with van der Waals surface area (Å²) in [5, 5.41) is 0. The summed E-state index contributed by atoms with van der Waals surface area (Å²) in [6.07, 6.45) is 0.977. The van der Waals surface area contributed by atoms with E-state index in [9.17, 15) is 4.39 Å². The van der Waals surface area contributed by atoms with Gasteiger partial charge in [-0.15, -0.1) is 0 Å². The van der Waals surface area contributed by atoms with Crippen molar-refractivity contribution in [1.82, 2.24) is 0 Å². The quantitative estimate of drug-likeness (QED) is 0.470. The number of alkyl halides is 1. The summed E-state index contributed by atoms with van der Waals surface area (Å²) in [5.41, 5.74) is 0. The second-order valence-electron chi connectivity index (χ2n) is 2.06. The summed E-state index contributed by atoms with van der Waals surface area (Å²) in [7, 11) is 0.696. The van der Waals surface area contributed by atoms with Gasteiger partial charge in [-0.25, -0.2) is 0 Å². The highest BCUT2D eigenvalue weighted by atomic mass is 28.1. The highest BCUT2D eigenvalue weighted by Gasteiger charge is 2.05. The molecule has 2 heteroatoms. The van der Waals surface area contributed by atoms with E-state index >= 15 is 0 Å². The predicted octanol–water partition coefficient (Wildman–Crippen LogP) is 0.693. The lowest BCUT2D eigenvalue weighted by Crippen LogP contribution is -2.10. The Hall–Kier alpha value is 0.147. The van der Waals surface area contributed by atoms with Crippen molar-refractivity contribution in [3.63, 3.8) is 0 Å². The summed E-state index contributed by atoms with van der Waals surface area (Å²) in [6, 6.07) is 0. The molecule has 2 unspecified atom stereocenters. The van der Waals surface area contributed by atoms with Crippen LogP contribution in [0.15, 0.2) is 0 Å². The van der Waals surface area contributed by atoms with Crippen LogP contribution in [0.4, 0.5) is 4.39 Å². The molecule has 0 spiro atoms. The molecule has 0 aliphatic heterocycles. The highest BCUT2D eigenvalue weighted by Crippen LogP contribution is 2.06. The van der Waals surface area contributed by atoms with E-state index in [1.807, 2.05) is 13.8 Å². The standard InChI is InChI=1S/C5H13FSi/c1-3-4(2)5(6)7/h4-5H,3H2,1-2,7H3. The monoisotopic (exact) mass is 120 g/mol. The fourth-order valence-electron chi connectivity index (χ4n) is 0.325. The fraction of sp³-hybridized carbons (Fsp3) is 1.00. The molecule has 0 amide bonds. The van der Waals surface area contributed by atoms with Gasteiger partial charge >= 0.3 is 0 Å². The molecule has 0 aliphatic carbocycles. The molecule has 0 aliphatic rings. The van der Waals surface area contributed by atoms with Crippen LogP contribution in [0.3, 0.4) is 0 Å². The van der Waals surface area contributed by atoms with Crippen molar-refractivity contribution in [2.75, 3.05) is 0 Å². The Kier molecular flexibility index (Phi) is 3.25. The van der Waals surface area contributed by atoms with Crippen molar-refractivity contribution >= 4 is 10.2 Å². The van der Waals surface area contributed by atoms with Crippen LogP contribution < -0.4 is 0 Å². The van der Waals surface area contributed by atoms with E-state index in [2.05, 4.69) is 0 Å². The van der Waals surface area contributed by atoms with E-state index in [0.717, 1.165) is 6.42 Å². The first-order valence-electron chi connectivity index (χ1n) is 2.82. The third kappa shape index (κ3) is 2.80. The molecule has 7 heavy (non-hydrogen) atoms. The summed E-state index contributed by atoms with van der Waals surface area (Å²) in [4.78, 5) is 0. The van der Waals surface area contributed by atoms with Crippen molar-refractivity contribution in [3.05, 3.63) is 0 Å². The van der Waals surface area contributed by atoms with Gasteiger partial charge in [0.15, 0.2) is 0 Å².